The summed E-state index contributed by atoms with van der Waals surface area (Å²) in [6.07, 6.45) is 2.46. The summed E-state index contributed by atoms with van der Waals surface area (Å²) in [4.78, 5) is 0. The first-order valence-corrected chi connectivity index (χ1v) is 8.14. The van der Waals surface area contributed by atoms with Crippen LogP contribution in [0.25, 0.3) is 11.1 Å². The normalized spacial score (nSPS) is 23.9. The number of ether oxygens (including phenoxy) is 2. The van der Waals surface area contributed by atoms with Gasteiger partial charge in [0.2, 0.25) is 0 Å². The molecule has 3 atom stereocenters. The Balaban J connectivity index is 1.65. The number of hydrogen-bond donors (Lipinski definition) is 1. The van der Waals surface area contributed by atoms with Crippen molar-refractivity contribution in [3.8, 4) is 16.9 Å². The Bertz CT molecular complexity index is 618. The highest BCUT2D eigenvalue weighted by atomic mass is 16.5. The monoisotopic (exact) mass is 312 g/mol. The molecule has 3 nitrogen and oxygen atoms in total. The van der Waals surface area contributed by atoms with Gasteiger partial charge in [-0.3, -0.25) is 0 Å². The molecule has 0 heterocycles. The molecule has 1 aliphatic rings. The summed E-state index contributed by atoms with van der Waals surface area (Å²) in [5.41, 5.74) is 3.71. The summed E-state index contributed by atoms with van der Waals surface area (Å²) in [5, 5.41) is 9.94. The molecular formula is C20H24O3. The average molecular weight is 312 g/mol. The third-order valence-corrected chi connectivity index (χ3v) is 4.77. The molecule has 122 valence electrons. The van der Waals surface area contributed by atoms with Crippen LogP contribution in [0.4, 0.5) is 0 Å². The maximum Gasteiger partial charge on any atom is 0.118 e. The van der Waals surface area contributed by atoms with Gasteiger partial charge in [-0.15, -0.1) is 0 Å². The minimum Gasteiger partial charge on any atom is -0.497 e. The van der Waals surface area contributed by atoms with E-state index in [-0.39, 0.29) is 12.2 Å². The molecule has 0 radical (unpaired) electrons. The second kappa shape index (κ2) is 7.16. The lowest BCUT2D eigenvalue weighted by molar-refractivity contribution is 0.00976. The SMILES string of the molecule is COc1ccc(-c2ccc(C[C@@H]3C[C@@H](O)[C@H](OC)C3)cc2)cc1. The van der Waals surface area contributed by atoms with Gasteiger partial charge in [-0.25, -0.2) is 0 Å². The molecule has 0 saturated heterocycles. The van der Waals surface area contributed by atoms with Gasteiger partial charge >= 0.3 is 0 Å². The predicted octanol–water partition coefficient (Wildman–Crippen LogP) is 3.69. The summed E-state index contributed by atoms with van der Waals surface area (Å²) < 4.78 is 10.5. The van der Waals surface area contributed by atoms with E-state index in [2.05, 4.69) is 36.4 Å². The average Bonchev–Trinajstić information content (AvgIpc) is 2.95. The molecule has 0 spiro atoms. The summed E-state index contributed by atoms with van der Waals surface area (Å²) in [6.45, 7) is 0. The third-order valence-electron chi connectivity index (χ3n) is 4.77. The van der Waals surface area contributed by atoms with E-state index in [0.717, 1.165) is 25.0 Å². The molecule has 0 aliphatic heterocycles. The van der Waals surface area contributed by atoms with Gasteiger partial charge in [0.25, 0.3) is 0 Å². The Labute approximate surface area is 137 Å². The highest BCUT2D eigenvalue weighted by molar-refractivity contribution is 5.64. The van der Waals surface area contributed by atoms with Gasteiger partial charge in [0, 0.05) is 7.11 Å². The first-order chi connectivity index (χ1) is 11.2. The van der Waals surface area contributed by atoms with Gasteiger partial charge in [0.05, 0.1) is 19.3 Å². The molecule has 1 fully saturated rings. The van der Waals surface area contributed by atoms with Crippen LogP contribution in [0.5, 0.6) is 5.75 Å². The second-order valence-corrected chi connectivity index (χ2v) is 6.31. The zero-order valence-electron chi connectivity index (χ0n) is 13.7. The first kappa shape index (κ1) is 16.0. The highest BCUT2D eigenvalue weighted by Crippen LogP contribution is 2.31. The van der Waals surface area contributed by atoms with Crippen LogP contribution in [0, 0.1) is 5.92 Å². The van der Waals surface area contributed by atoms with Crippen molar-refractivity contribution in [2.75, 3.05) is 14.2 Å². The summed E-state index contributed by atoms with van der Waals surface area (Å²) in [5.74, 6) is 1.37. The zero-order chi connectivity index (χ0) is 16.2. The van der Waals surface area contributed by atoms with Crippen LogP contribution in [0.1, 0.15) is 18.4 Å². The largest absolute Gasteiger partial charge is 0.497 e. The van der Waals surface area contributed by atoms with Crippen LogP contribution in [-0.2, 0) is 11.2 Å². The highest BCUT2D eigenvalue weighted by Gasteiger charge is 2.32. The molecule has 1 saturated carbocycles. The molecule has 0 bridgehead atoms. The lowest BCUT2D eigenvalue weighted by Gasteiger charge is -2.11. The van der Waals surface area contributed by atoms with Gasteiger partial charge in [0.1, 0.15) is 5.75 Å². The Kier molecular flexibility index (Phi) is 4.99. The van der Waals surface area contributed by atoms with Crippen LogP contribution >= 0.6 is 0 Å². The Morgan fingerprint density at radius 1 is 0.913 bits per heavy atom. The molecule has 1 aliphatic carbocycles. The molecule has 0 unspecified atom stereocenters. The van der Waals surface area contributed by atoms with Crippen molar-refractivity contribution in [1.29, 1.82) is 0 Å². The van der Waals surface area contributed by atoms with E-state index in [9.17, 15) is 5.11 Å². The van der Waals surface area contributed by atoms with Crippen molar-refractivity contribution in [2.24, 2.45) is 5.92 Å². The van der Waals surface area contributed by atoms with Crippen molar-refractivity contribution in [2.45, 2.75) is 31.5 Å². The Morgan fingerprint density at radius 2 is 1.52 bits per heavy atom. The number of aliphatic hydroxyl groups is 1. The summed E-state index contributed by atoms with van der Waals surface area (Å²) in [7, 11) is 3.36. The summed E-state index contributed by atoms with van der Waals surface area (Å²) >= 11 is 0. The van der Waals surface area contributed by atoms with Crippen LogP contribution in [-0.4, -0.2) is 31.5 Å². The number of hydrogen-bond acceptors (Lipinski definition) is 3. The van der Waals surface area contributed by atoms with Crippen molar-refractivity contribution in [1.82, 2.24) is 0 Å². The predicted molar refractivity (Wildman–Crippen MR) is 91.7 cm³/mol. The van der Waals surface area contributed by atoms with E-state index >= 15 is 0 Å². The van der Waals surface area contributed by atoms with E-state index in [1.54, 1.807) is 14.2 Å². The molecule has 3 heteroatoms. The van der Waals surface area contributed by atoms with Gasteiger partial charge in [-0.05, 0) is 54.0 Å². The van der Waals surface area contributed by atoms with Crippen LogP contribution in [0.3, 0.4) is 0 Å². The van der Waals surface area contributed by atoms with E-state index in [1.165, 1.54) is 16.7 Å². The van der Waals surface area contributed by atoms with E-state index in [0.29, 0.717) is 5.92 Å². The maximum absolute atomic E-state index is 9.94. The van der Waals surface area contributed by atoms with Gasteiger partial charge in [-0.1, -0.05) is 36.4 Å². The minimum atomic E-state index is -0.316. The molecule has 1 N–H and O–H groups in total. The lowest BCUT2D eigenvalue weighted by Crippen LogP contribution is -2.20. The van der Waals surface area contributed by atoms with Gasteiger partial charge < -0.3 is 14.6 Å². The fraction of sp³-hybridized carbons (Fsp3) is 0.400. The molecular weight excluding hydrogens is 288 g/mol. The topological polar surface area (TPSA) is 38.7 Å². The molecule has 0 amide bonds. The standard InChI is InChI=1S/C20H24O3/c1-22-18-9-7-17(8-10-18)16-5-3-14(4-6-16)11-15-12-19(21)20(13-15)23-2/h3-10,15,19-21H,11-13H2,1-2H3/t15-,19-,20-/m1/s1. The Morgan fingerprint density at radius 3 is 2.04 bits per heavy atom. The van der Waals surface area contributed by atoms with Gasteiger partial charge in [0.15, 0.2) is 0 Å². The van der Waals surface area contributed by atoms with Crippen molar-refractivity contribution >= 4 is 0 Å². The summed E-state index contributed by atoms with van der Waals surface area (Å²) in [6, 6.07) is 16.8. The molecule has 3 rings (SSSR count). The molecule has 0 aromatic heterocycles. The van der Waals surface area contributed by atoms with Crippen LogP contribution < -0.4 is 4.74 Å². The minimum absolute atomic E-state index is 0.00132. The first-order valence-electron chi connectivity index (χ1n) is 8.14. The fourth-order valence-electron chi connectivity index (χ4n) is 3.45. The quantitative estimate of drug-likeness (QED) is 0.915. The Hall–Kier alpha value is -1.84. The zero-order valence-corrected chi connectivity index (χ0v) is 13.7. The fourth-order valence-corrected chi connectivity index (χ4v) is 3.45. The lowest BCUT2D eigenvalue weighted by atomic mass is 9.96. The maximum atomic E-state index is 9.94. The smallest absolute Gasteiger partial charge is 0.118 e. The second-order valence-electron chi connectivity index (χ2n) is 6.31. The number of benzene rings is 2. The third kappa shape index (κ3) is 3.74. The van der Waals surface area contributed by atoms with E-state index < -0.39 is 0 Å². The number of rotatable bonds is 5. The van der Waals surface area contributed by atoms with Gasteiger partial charge in [-0.2, -0.15) is 0 Å². The number of methoxy groups -OCH3 is 2. The van der Waals surface area contributed by atoms with Crippen molar-refractivity contribution < 1.29 is 14.6 Å². The van der Waals surface area contributed by atoms with E-state index in [4.69, 9.17) is 9.47 Å². The molecule has 2 aromatic rings. The van der Waals surface area contributed by atoms with Crippen LogP contribution in [0.2, 0.25) is 0 Å². The van der Waals surface area contributed by atoms with Crippen molar-refractivity contribution in [3.63, 3.8) is 0 Å². The molecule has 23 heavy (non-hydrogen) atoms. The van der Waals surface area contributed by atoms with Crippen molar-refractivity contribution in [3.05, 3.63) is 54.1 Å². The molecule has 2 aromatic carbocycles. The van der Waals surface area contributed by atoms with E-state index in [1.807, 2.05) is 12.1 Å². The number of aliphatic hydroxyl groups excluding tert-OH is 1. The van der Waals surface area contributed by atoms with Crippen LogP contribution in [0.15, 0.2) is 48.5 Å².